The van der Waals surface area contributed by atoms with Crippen molar-refractivity contribution in [2.45, 2.75) is 6.92 Å². The van der Waals surface area contributed by atoms with Crippen molar-refractivity contribution in [3.8, 4) is 5.75 Å². The van der Waals surface area contributed by atoms with Gasteiger partial charge in [0.05, 0.1) is 5.56 Å². The van der Waals surface area contributed by atoms with Gasteiger partial charge in [-0.1, -0.05) is 29.3 Å². The summed E-state index contributed by atoms with van der Waals surface area (Å²) in [6, 6.07) is 13.3. The predicted octanol–water partition coefficient (Wildman–Crippen LogP) is 2.03. The molecule has 2 aromatic rings. The van der Waals surface area contributed by atoms with Crippen LogP contribution in [-0.2, 0) is 14.3 Å². The van der Waals surface area contributed by atoms with Crippen LogP contribution < -0.4 is 15.6 Å². The van der Waals surface area contributed by atoms with Crippen LogP contribution in [0.5, 0.6) is 5.75 Å². The highest BCUT2D eigenvalue weighted by Gasteiger charge is 2.11. The van der Waals surface area contributed by atoms with Crippen molar-refractivity contribution in [1.82, 2.24) is 10.9 Å². The predicted molar refractivity (Wildman–Crippen MR) is 94.7 cm³/mol. The van der Waals surface area contributed by atoms with Gasteiger partial charge in [0.25, 0.3) is 11.8 Å². The minimum absolute atomic E-state index is 0.301. The van der Waals surface area contributed by atoms with Gasteiger partial charge >= 0.3 is 5.97 Å². The molecule has 7 nitrogen and oxygen atoms in total. The van der Waals surface area contributed by atoms with E-state index in [1.54, 1.807) is 42.5 Å². The summed E-state index contributed by atoms with van der Waals surface area (Å²) in [6.07, 6.45) is 0. The molecule has 2 amide bonds. The van der Waals surface area contributed by atoms with Crippen LogP contribution in [0.25, 0.3) is 0 Å². The number of hydrogen-bond donors (Lipinski definition) is 2. The Labute approximate surface area is 155 Å². The molecule has 0 aliphatic rings. The molecular formula is C18H17ClN2O5. The third-order valence-corrected chi connectivity index (χ3v) is 3.37. The largest absolute Gasteiger partial charge is 0.484 e. The molecule has 0 saturated heterocycles. The Kier molecular flexibility index (Phi) is 6.99. The molecule has 0 fully saturated rings. The van der Waals surface area contributed by atoms with Gasteiger partial charge < -0.3 is 9.47 Å². The van der Waals surface area contributed by atoms with Gasteiger partial charge in [-0.25, -0.2) is 4.79 Å². The van der Waals surface area contributed by atoms with Crippen LogP contribution >= 0.6 is 11.6 Å². The van der Waals surface area contributed by atoms with Gasteiger partial charge in [0, 0.05) is 5.02 Å². The number of benzene rings is 2. The molecule has 0 aromatic heterocycles. The van der Waals surface area contributed by atoms with Crippen LogP contribution in [0.1, 0.15) is 15.9 Å². The Hall–Kier alpha value is -3.06. The monoisotopic (exact) mass is 376 g/mol. The molecule has 0 heterocycles. The Balaban J connectivity index is 1.67. The Morgan fingerprint density at radius 2 is 1.62 bits per heavy atom. The summed E-state index contributed by atoms with van der Waals surface area (Å²) >= 11 is 5.74. The zero-order chi connectivity index (χ0) is 18.9. The molecule has 0 spiro atoms. The van der Waals surface area contributed by atoms with Crippen molar-refractivity contribution in [3.63, 3.8) is 0 Å². The van der Waals surface area contributed by atoms with E-state index >= 15 is 0 Å². The van der Waals surface area contributed by atoms with Gasteiger partial charge in [0.15, 0.2) is 13.2 Å². The normalized spacial score (nSPS) is 9.92. The molecule has 0 bridgehead atoms. The van der Waals surface area contributed by atoms with Crippen molar-refractivity contribution in [2.75, 3.05) is 13.2 Å². The Morgan fingerprint density at radius 1 is 0.962 bits per heavy atom. The van der Waals surface area contributed by atoms with Gasteiger partial charge in [0.1, 0.15) is 5.75 Å². The summed E-state index contributed by atoms with van der Waals surface area (Å²) in [5, 5.41) is 0.550. The van der Waals surface area contributed by atoms with Gasteiger partial charge in [-0.2, -0.15) is 0 Å². The third kappa shape index (κ3) is 6.45. The zero-order valence-corrected chi connectivity index (χ0v) is 14.7. The molecule has 0 radical (unpaired) electrons. The van der Waals surface area contributed by atoms with Crippen molar-refractivity contribution in [3.05, 3.63) is 64.7 Å². The average Bonchev–Trinajstić information content (AvgIpc) is 2.64. The van der Waals surface area contributed by atoms with Crippen molar-refractivity contribution in [1.29, 1.82) is 0 Å². The summed E-state index contributed by atoms with van der Waals surface area (Å²) in [4.78, 5) is 35.0. The highest BCUT2D eigenvalue weighted by molar-refractivity contribution is 6.30. The molecule has 0 aliphatic carbocycles. The maximum absolute atomic E-state index is 11.8. The van der Waals surface area contributed by atoms with E-state index < -0.39 is 24.4 Å². The fourth-order valence-corrected chi connectivity index (χ4v) is 2.00. The van der Waals surface area contributed by atoms with E-state index in [9.17, 15) is 14.4 Å². The summed E-state index contributed by atoms with van der Waals surface area (Å²) in [5.41, 5.74) is 5.53. The van der Waals surface area contributed by atoms with Crippen LogP contribution in [0.4, 0.5) is 0 Å². The van der Waals surface area contributed by atoms with Gasteiger partial charge in [0.2, 0.25) is 0 Å². The number of rotatable bonds is 6. The fraction of sp³-hybridized carbons (Fsp3) is 0.167. The lowest BCUT2D eigenvalue weighted by Gasteiger charge is -2.09. The standard InChI is InChI=1S/C18H17ClN2O5/c1-12-3-2-4-13(9-12)18(24)26-11-17(23)21-20-16(22)10-25-15-7-5-14(19)6-8-15/h2-9H,10-11H2,1H3,(H,20,22)(H,21,23). The second-order valence-corrected chi connectivity index (χ2v) is 5.72. The summed E-state index contributed by atoms with van der Waals surface area (Å²) < 4.78 is 10.1. The number of amides is 2. The van der Waals surface area contributed by atoms with E-state index in [2.05, 4.69) is 10.9 Å². The SMILES string of the molecule is Cc1cccc(C(=O)OCC(=O)NNC(=O)COc2ccc(Cl)cc2)c1. The lowest BCUT2D eigenvalue weighted by molar-refractivity contribution is -0.131. The molecule has 2 rings (SSSR count). The van der Waals surface area contributed by atoms with Crippen LogP contribution in [0, 0.1) is 6.92 Å². The van der Waals surface area contributed by atoms with Crippen molar-refractivity contribution in [2.24, 2.45) is 0 Å². The molecule has 136 valence electrons. The Bertz CT molecular complexity index is 792. The lowest BCUT2D eigenvalue weighted by Crippen LogP contribution is -2.45. The van der Waals surface area contributed by atoms with Crippen LogP contribution in [-0.4, -0.2) is 31.0 Å². The number of halogens is 1. The second kappa shape index (κ2) is 9.43. The number of carbonyl (C=O) groups excluding carboxylic acids is 3. The summed E-state index contributed by atoms with van der Waals surface area (Å²) in [7, 11) is 0. The zero-order valence-electron chi connectivity index (χ0n) is 14.0. The van der Waals surface area contributed by atoms with E-state index in [4.69, 9.17) is 21.1 Å². The first kappa shape index (κ1) is 19.3. The van der Waals surface area contributed by atoms with Gasteiger partial charge in [-0.15, -0.1) is 0 Å². The van der Waals surface area contributed by atoms with Crippen LogP contribution in [0.2, 0.25) is 5.02 Å². The highest BCUT2D eigenvalue weighted by atomic mass is 35.5. The molecule has 0 unspecified atom stereocenters. The topological polar surface area (TPSA) is 93.7 Å². The highest BCUT2D eigenvalue weighted by Crippen LogP contribution is 2.15. The fourth-order valence-electron chi connectivity index (χ4n) is 1.88. The van der Waals surface area contributed by atoms with E-state index in [0.29, 0.717) is 16.3 Å². The van der Waals surface area contributed by atoms with Crippen molar-refractivity contribution < 1.29 is 23.9 Å². The molecule has 0 atom stereocenters. The maximum atomic E-state index is 11.8. The van der Waals surface area contributed by atoms with Gasteiger partial charge in [-0.05, 0) is 43.3 Å². The first-order valence-electron chi connectivity index (χ1n) is 7.64. The maximum Gasteiger partial charge on any atom is 0.338 e. The molecule has 2 N–H and O–H groups in total. The molecular weight excluding hydrogens is 360 g/mol. The molecule has 0 aliphatic heterocycles. The van der Waals surface area contributed by atoms with E-state index in [1.165, 1.54) is 0 Å². The average molecular weight is 377 g/mol. The number of hydrogen-bond acceptors (Lipinski definition) is 5. The minimum Gasteiger partial charge on any atom is -0.484 e. The number of aryl methyl sites for hydroxylation is 1. The number of carbonyl (C=O) groups is 3. The van der Waals surface area contributed by atoms with Crippen molar-refractivity contribution >= 4 is 29.4 Å². The third-order valence-electron chi connectivity index (χ3n) is 3.11. The molecule has 0 saturated carbocycles. The van der Waals surface area contributed by atoms with E-state index in [1.807, 2.05) is 13.0 Å². The first-order chi connectivity index (χ1) is 12.4. The number of nitrogens with one attached hydrogen (secondary N) is 2. The Morgan fingerprint density at radius 3 is 2.27 bits per heavy atom. The quantitative estimate of drug-likeness (QED) is 0.594. The van der Waals surface area contributed by atoms with E-state index in [-0.39, 0.29) is 6.61 Å². The molecule has 8 heteroatoms. The van der Waals surface area contributed by atoms with E-state index in [0.717, 1.165) is 5.56 Å². The molecule has 26 heavy (non-hydrogen) atoms. The number of esters is 1. The van der Waals surface area contributed by atoms with Crippen LogP contribution in [0.15, 0.2) is 48.5 Å². The number of ether oxygens (including phenoxy) is 2. The minimum atomic E-state index is -0.675. The lowest BCUT2D eigenvalue weighted by atomic mass is 10.1. The smallest absolute Gasteiger partial charge is 0.338 e. The van der Waals surface area contributed by atoms with Crippen LogP contribution in [0.3, 0.4) is 0 Å². The number of hydrazine groups is 1. The summed E-state index contributed by atoms with van der Waals surface area (Å²) in [6.45, 7) is 1.02. The van der Waals surface area contributed by atoms with Gasteiger partial charge in [-0.3, -0.25) is 20.4 Å². The first-order valence-corrected chi connectivity index (χ1v) is 8.01. The summed E-state index contributed by atoms with van der Waals surface area (Å²) in [5.74, 6) is -1.41. The second-order valence-electron chi connectivity index (χ2n) is 5.28. The molecule has 2 aromatic carbocycles.